The maximum atomic E-state index is 14.8. The van der Waals surface area contributed by atoms with Crippen LogP contribution in [0.25, 0.3) is 22.3 Å². The van der Waals surface area contributed by atoms with Gasteiger partial charge >= 0.3 is 6.09 Å². The molecule has 8 rings (SSSR count). The van der Waals surface area contributed by atoms with Crippen LogP contribution in [0.5, 0.6) is 5.75 Å². The lowest BCUT2D eigenvalue weighted by Crippen LogP contribution is -2.43. The fraction of sp³-hybridized carbons (Fsp3) is 0.238. The van der Waals surface area contributed by atoms with E-state index in [-0.39, 0.29) is 17.9 Å². The topological polar surface area (TPSA) is 104 Å². The van der Waals surface area contributed by atoms with Crippen molar-refractivity contribution in [1.82, 2.24) is 24.3 Å². The van der Waals surface area contributed by atoms with Gasteiger partial charge in [0.05, 0.1) is 11.8 Å². The molecule has 0 spiro atoms. The van der Waals surface area contributed by atoms with Crippen LogP contribution in [0.3, 0.4) is 0 Å². The Morgan fingerprint density at radius 1 is 0.885 bits per heavy atom. The van der Waals surface area contributed by atoms with Crippen LogP contribution >= 0.6 is 0 Å². The van der Waals surface area contributed by atoms with Crippen LogP contribution in [0.4, 0.5) is 10.5 Å². The third-order valence-corrected chi connectivity index (χ3v) is 10.7. The number of carbonyl (C=O) groups is 3. The van der Waals surface area contributed by atoms with Gasteiger partial charge in [-0.3, -0.25) is 9.59 Å². The Morgan fingerprint density at radius 2 is 1.65 bits per heavy atom. The highest BCUT2D eigenvalue weighted by Gasteiger charge is 2.32. The predicted molar refractivity (Wildman–Crippen MR) is 200 cm³/mol. The molecule has 10 heteroatoms. The molecule has 3 aromatic heterocycles. The second-order valence-corrected chi connectivity index (χ2v) is 13.8. The summed E-state index contributed by atoms with van der Waals surface area (Å²) >= 11 is 0. The largest absolute Gasteiger partial charge is 0.415 e. The van der Waals surface area contributed by atoms with Crippen molar-refractivity contribution < 1.29 is 19.1 Å². The zero-order valence-electron chi connectivity index (χ0n) is 29.7. The summed E-state index contributed by atoms with van der Waals surface area (Å²) in [6, 6.07) is 27.4. The van der Waals surface area contributed by atoms with Gasteiger partial charge in [-0.2, -0.15) is 0 Å². The molecule has 52 heavy (non-hydrogen) atoms. The molecule has 0 aliphatic carbocycles. The van der Waals surface area contributed by atoms with Crippen LogP contribution in [0.1, 0.15) is 55.6 Å². The second-order valence-electron chi connectivity index (χ2n) is 13.8. The van der Waals surface area contributed by atoms with Crippen LogP contribution in [0.2, 0.25) is 0 Å². The maximum absolute atomic E-state index is 14.8. The minimum Gasteiger partial charge on any atom is -0.409 e. The van der Waals surface area contributed by atoms with Gasteiger partial charge in [0.15, 0.2) is 5.75 Å². The smallest absolute Gasteiger partial charge is 0.409 e. The van der Waals surface area contributed by atoms with Crippen LogP contribution in [-0.4, -0.2) is 61.9 Å². The van der Waals surface area contributed by atoms with Gasteiger partial charge in [-0.15, -0.1) is 0 Å². The first-order valence-corrected chi connectivity index (χ1v) is 17.6. The zero-order chi connectivity index (χ0) is 36.1. The number of pyridine rings is 1. The number of amides is 3. The van der Waals surface area contributed by atoms with Gasteiger partial charge < -0.3 is 29.0 Å². The number of fused-ring (bicyclic) bond motifs is 3. The highest BCUT2D eigenvalue weighted by molar-refractivity contribution is 6.08. The van der Waals surface area contributed by atoms with E-state index in [0.717, 1.165) is 56.8 Å². The molecule has 6 aromatic rings. The molecule has 0 saturated heterocycles. The van der Waals surface area contributed by atoms with E-state index < -0.39 is 6.09 Å². The highest BCUT2D eigenvalue weighted by Crippen LogP contribution is 2.36. The zero-order valence-corrected chi connectivity index (χ0v) is 29.7. The summed E-state index contributed by atoms with van der Waals surface area (Å²) in [5, 5.41) is 0.854. The fourth-order valence-corrected chi connectivity index (χ4v) is 7.52. The molecule has 1 atom stereocenters. The second kappa shape index (κ2) is 13.2. The van der Waals surface area contributed by atoms with Crippen LogP contribution < -0.4 is 9.64 Å². The lowest BCUT2D eigenvalue weighted by atomic mass is 9.90. The Balaban J connectivity index is 1.16. The Hall–Kier alpha value is -6.16. The number of H-pyrrole nitrogens is 1. The van der Waals surface area contributed by atoms with Gasteiger partial charge in [0.25, 0.3) is 11.8 Å². The molecule has 10 nitrogen and oxygen atoms in total. The van der Waals surface area contributed by atoms with Gasteiger partial charge in [0.2, 0.25) is 0 Å². The highest BCUT2D eigenvalue weighted by atomic mass is 16.6. The van der Waals surface area contributed by atoms with E-state index in [1.807, 2.05) is 84.1 Å². The molecular formula is C42H40N6O4. The fourth-order valence-electron chi connectivity index (χ4n) is 7.52. The SMILES string of the molecule is Cc1c(C(=O)N(C)c2ccccc2)cc(-c2cc3c(cc2C(=O)N2Cc4ccccc4C[C@H]2C)CN(C(=O)Oc2cnc4[nH]ccc4c2)CC3)n1C. The molecule has 1 N–H and O–H groups in total. The molecule has 2 aliphatic heterocycles. The van der Waals surface area contributed by atoms with Crippen molar-refractivity contribution >= 4 is 34.6 Å². The molecule has 262 valence electrons. The van der Waals surface area contributed by atoms with Crippen molar-refractivity contribution in [3.63, 3.8) is 0 Å². The number of benzene rings is 3. The third kappa shape index (κ3) is 5.89. The molecule has 3 amide bonds. The van der Waals surface area contributed by atoms with E-state index in [9.17, 15) is 14.4 Å². The van der Waals surface area contributed by atoms with Crippen LogP contribution in [0.15, 0.2) is 97.3 Å². The molecular weight excluding hydrogens is 652 g/mol. The first-order valence-electron chi connectivity index (χ1n) is 17.6. The standard InChI is InChI=1S/C42H40N6O4/c1-26-18-28-10-8-9-11-31(28)25-48(26)41(50)37-21-32-24-47(42(51)52-34-19-30-14-16-43-39(30)44-23-34)17-15-29(32)20-36(37)38-22-35(27(2)45(38)3)40(49)46(4)33-12-6-5-7-13-33/h5-14,16,19-23,26H,15,17-18,24-25H2,1-4H3,(H,43,44)/t26-/m1/s1. The number of hydrogen-bond donors (Lipinski definition) is 1. The number of rotatable bonds is 5. The number of aromatic nitrogens is 3. The van der Waals surface area contributed by atoms with Gasteiger partial charge in [0, 0.05) is 79.6 Å². The maximum Gasteiger partial charge on any atom is 0.415 e. The van der Waals surface area contributed by atoms with Crippen LogP contribution in [0, 0.1) is 6.92 Å². The minimum atomic E-state index is -0.468. The van der Waals surface area contributed by atoms with Gasteiger partial charge in [-0.1, -0.05) is 42.5 Å². The number of nitrogens with one attached hydrogen (secondary N) is 1. The summed E-state index contributed by atoms with van der Waals surface area (Å²) in [6.45, 7) is 5.28. The van der Waals surface area contributed by atoms with Crippen molar-refractivity contribution in [3.05, 3.63) is 136 Å². The molecule has 0 saturated carbocycles. The summed E-state index contributed by atoms with van der Waals surface area (Å²) in [5.74, 6) is 0.159. The number of ether oxygens (including phenoxy) is 1. The molecule has 3 aromatic carbocycles. The van der Waals surface area contributed by atoms with Crippen molar-refractivity contribution in [2.45, 2.75) is 45.8 Å². The van der Waals surface area contributed by atoms with Gasteiger partial charge in [-0.25, -0.2) is 9.78 Å². The van der Waals surface area contributed by atoms with E-state index in [4.69, 9.17) is 4.74 Å². The average molecular weight is 693 g/mol. The normalized spacial score (nSPS) is 15.3. The van der Waals surface area contributed by atoms with Gasteiger partial charge in [0.1, 0.15) is 5.65 Å². The van der Waals surface area contributed by atoms with E-state index in [1.54, 1.807) is 29.1 Å². The quantitative estimate of drug-likeness (QED) is 0.204. The summed E-state index contributed by atoms with van der Waals surface area (Å²) < 4.78 is 7.76. The van der Waals surface area contributed by atoms with Crippen molar-refractivity contribution in [1.29, 1.82) is 0 Å². The first kappa shape index (κ1) is 33.0. The lowest BCUT2D eigenvalue weighted by molar-refractivity contribution is 0.0658. The monoisotopic (exact) mass is 692 g/mol. The summed E-state index contributed by atoms with van der Waals surface area (Å²) in [4.78, 5) is 54.8. The van der Waals surface area contributed by atoms with Crippen molar-refractivity contribution in [2.75, 3.05) is 18.5 Å². The van der Waals surface area contributed by atoms with E-state index >= 15 is 0 Å². The third-order valence-electron chi connectivity index (χ3n) is 10.7. The summed E-state index contributed by atoms with van der Waals surface area (Å²) in [7, 11) is 3.72. The van der Waals surface area contributed by atoms with E-state index in [1.165, 1.54) is 11.8 Å². The predicted octanol–water partition coefficient (Wildman–Crippen LogP) is 7.30. The Bertz CT molecular complexity index is 2360. The molecule has 0 radical (unpaired) electrons. The number of aromatic amines is 1. The molecule has 0 fully saturated rings. The lowest BCUT2D eigenvalue weighted by Gasteiger charge is -2.36. The van der Waals surface area contributed by atoms with Crippen molar-refractivity contribution in [2.24, 2.45) is 7.05 Å². The Morgan fingerprint density at radius 3 is 2.46 bits per heavy atom. The van der Waals surface area contributed by atoms with Crippen LogP contribution in [-0.2, 0) is 33.0 Å². The Labute approximate surface area is 302 Å². The van der Waals surface area contributed by atoms with E-state index in [2.05, 4.69) is 35.1 Å². The molecule has 0 unspecified atom stereocenters. The number of hydrogen-bond acceptors (Lipinski definition) is 5. The number of anilines is 1. The first-order chi connectivity index (χ1) is 25.2. The molecule has 5 heterocycles. The Kier molecular flexibility index (Phi) is 8.37. The molecule has 2 aliphatic rings. The summed E-state index contributed by atoms with van der Waals surface area (Å²) in [5.41, 5.74) is 9.33. The number of nitrogens with zero attached hydrogens (tertiary/aromatic N) is 5. The average Bonchev–Trinajstić information content (AvgIpc) is 3.76. The number of para-hydroxylation sites is 1. The molecule has 0 bridgehead atoms. The summed E-state index contributed by atoms with van der Waals surface area (Å²) in [6.07, 6.45) is 4.21. The number of carbonyl (C=O) groups excluding carboxylic acids is 3. The van der Waals surface area contributed by atoms with Gasteiger partial charge in [-0.05, 0) is 91.4 Å². The minimum absolute atomic E-state index is 0.0180. The van der Waals surface area contributed by atoms with Crippen molar-refractivity contribution in [3.8, 4) is 17.0 Å². The van der Waals surface area contributed by atoms with E-state index in [0.29, 0.717) is 42.9 Å².